The highest BCUT2D eigenvalue weighted by molar-refractivity contribution is 9.09. The maximum Gasteiger partial charge on any atom is 0.394 e. The van der Waals surface area contributed by atoms with Crippen LogP contribution in [-0.2, 0) is 71.4 Å². The third-order valence-corrected chi connectivity index (χ3v) is 11.2. The van der Waals surface area contributed by atoms with Crippen molar-refractivity contribution in [2.24, 2.45) is 0 Å². The first kappa shape index (κ1) is 53.6. The molecule has 0 saturated carbocycles. The zero-order valence-electron chi connectivity index (χ0n) is 36.8. The smallest absolute Gasteiger partial charge is 0.369 e. The van der Waals surface area contributed by atoms with Gasteiger partial charge in [-0.15, -0.1) is 0 Å². The second-order valence-corrected chi connectivity index (χ2v) is 17.4. The molecule has 0 saturated heterocycles. The fourth-order valence-electron chi connectivity index (χ4n) is 7.03. The minimum Gasteiger partial charge on any atom is -0.369 e. The summed E-state index contributed by atoms with van der Waals surface area (Å²) in [7, 11) is -4.67. The second kappa shape index (κ2) is 28.2. The van der Waals surface area contributed by atoms with E-state index in [4.69, 9.17) is 29.0 Å². The maximum atomic E-state index is 12.5. The zero-order valence-corrected chi connectivity index (χ0v) is 40.8. The standard InChI is InChI=1S/2C24H27BrN4O2.H2O4S/c2*25-16-22(30)27-19-13-10-18(11-14-19)12-15-21-20(23(31)29-24(26)28-21)9-5-4-8-17-6-2-1-3-7-17;1-5(2,3)4/h2*1-3,6-7,10-11,13-14H,4-5,8-9,12,15-16H2,(H,27,30)(H3,26,28,29,31);(H2,1,2,3,4). The number of aromatic nitrogens is 4. The number of carbonyl (C=O) groups excluding carboxylic acids is 2. The lowest BCUT2D eigenvalue weighted by Gasteiger charge is -2.10. The third-order valence-electron chi connectivity index (χ3n) is 10.2. The average Bonchev–Trinajstić information content (AvgIpc) is 3.30. The SMILES string of the molecule is Nc1nc(CCc2ccc(NC(=O)CBr)cc2)c(CCCCc2ccccc2)c(=O)[nH]1.Nc1nc(CCc2ccc(NC(=O)CBr)cc2)c(CCCCc2ccccc2)c(=O)[nH]1.O=S(=O)(O)O. The summed E-state index contributed by atoms with van der Waals surface area (Å²) in [5, 5.41) is 6.12. The van der Waals surface area contributed by atoms with Crippen LogP contribution in [0.25, 0.3) is 0 Å². The molecule has 10 N–H and O–H groups in total. The molecule has 0 aliphatic rings. The Morgan fingerprint density at radius 3 is 1.15 bits per heavy atom. The van der Waals surface area contributed by atoms with E-state index in [0.717, 1.165) is 96.4 Å². The number of benzene rings is 4. The largest absolute Gasteiger partial charge is 0.394 e. The average molecular weight is 1060 g/mol. The van der Waals surface area contributed by atoms with Crippen LogP contribution in [0.3, 0.4) is 0 Å². The topological polar surface area (TPSA) is 276 Å². The number of nitrogen functional groups attached to an aromatic ring is 2. The van der Waals surface area contributed by atoms with E-state index < -0.39 is 10.4 Å². The molecule has 4 aromatic carbocycles. The van der Waals surface area contributed by atoms with Crippen molar-refractivity contribution in [3.8, 4) is 0 Å². The van der Waals surface area contributed by atoms with Gasteiger partial charge in [-0.1, -0.05) is 117 Å². The molecular weight excluding hydrogens is 1010 g/mol. The molecule has 6 aromatic rings. The van der Waals surface area contributed by atoms with E-state index >= 15 is 0 Å². The van der Waals surface area contributed by atoms with Crippen LogP contribution < -0.4 is 33.2 Å². The Hall–Kier alpha value is -5.99. The van der Waals surface area contributed by atoms with Crippen LogP contribution >= 0.6 is 31.9 Å². The second-order valence-electron chi connectivity index (χ2n) is 15.3. The summed E-state index contributed by atoms with van der Waals surface area (Å²) >= 11 is 6.27. The Morgan fingerprint density at radius 1 is 0.507 bits per heavy atom. The molecular formula is C48H56Br2N8O8S. The van der Waals surface area contributed by atoms with E-state index in [1.807, 2.05) is 84.9 Å². The van der Waals surface area contributed by atoms with Crippen LogP contribution in [0.1, 0.15) is 70.5 Å². The van der Waals surface area contributed by atoms with Crippen molar-refractivity contribution in [1.29, 1.82) is 0 Å². The number of H-pyrrole nitrogens is 2. The summed E-state index contributed by atoms with van der Waals surface area (Å²) < 4.78 is 31.6. The van der Waals surface area contributed by atoms with Crippen molar-refractivity contribution in [1.82, 2.24) is 19.9 Å². The van der Waals surface area contributed by atoms with Crippen molar-refractivity contribution in [2.75, 3.05) is 32.8 Å². The molecule has 0 fully saturated rings. The Balaban J connectivity index is 0.000000266. The Labute approximate surface area is 406 Å². The molecule has 6 rings (SSSR count). The number of anilines is 4. The van der Waals surface area contributed by atoms with Crippen molar-refractivity contribution in [2.45, 2.75) is 77.0 Å². The van der Waals surface area contributed by atoms with E-state index in [0.29, 0.717) is 25.7 Å². The summed E-state index contributed by atoms with van der Waals surface area (Å²) in [5.74, 6) is 0.127. The van der Waals surface area contributed by atoms with Gasteiger partial charge in [-0.3, -0.25) is 38.3 Å². The Bertz CT molecular complexity index is 2530. The van der Waals surface area contributed by atoms with Gasteiger partial charge in [0.25, 0.3) is 11.1 Å². The van der Waals surface area contributed by atoms with Crippen molar-refractivity contribution in [3.05, 3.63) is 175 Å². The van der Waals surface area contributed by atoms with Gasteiger partial charge in [0, 0.05) is 22.5 Å². The molecule has 356 valence electrons. The first-order valence-electron chi connectivity index (χ1n) is 21.5. The summed E-state index contributed by atoms with van der Waals surface area (Å²) in [5.41, 5.74) is 20.6. The van der Waals surface area contributed by atoms with Crippen LogP contribution in [0.5, 0.6) is 0 Å². The quantitative estimate of drug-likeness (QED) is 0.0211. The molecule has 2 amide bonds. The number of hydrogen-bond donors (Lipinski definition) is 8. The van der Waals surface area contributed by atoms with Gasteiger partial charge < -0.3 is 22.1 Å². The van der Waals surface area contributed by atoms with Gasteiger partial charge >= 0.3 is 10.4 Å². The van der Waals surface area contributed by atoms with Gasteiger partial charge in [0.05, 0.1) is 22.0 Å². The normalized spacial score (nSPS) is 10.8. The molecule has 0 aliphatic heterocycles. The number of alkyl halides is 2. The molecule has 2 heterocycles. The molecule has 16 nitrogen and oxygen atoms in total. The number of rotatable bonds is 20. The predicted molar refractivity (Wildman–Crippen MR) is 271 cm³/mol. The molecule has 67 heavy (non-hydrogen) atoms. The minimum atomic E-state index is -4.67. The van der Waals surface area contributed by atoms with E-state index in [1.165, 1.54) is 11.1 Å². The number of aryl methyl sites for hydroxylation is 6. The van der Waals surface area contributed by atoms with E-state index in [-0.39, 0.29) is 45.5 Å². The number of nitrogens with two attached hydrogens (primary N) is 2. The third kappa shape index (κ3) is 21.0. The van der Waals surface area contributed by atoms with Crippen molar-refractivity contribution in [3.63, 3.8) is 0 Å². The van der Waals surface area contributed by atoms with Crippen molar-refractivity contribution >= 4 is 77.3 Å². The number of halogens is 2. The number of unbranched alkanes of at least 4 members (excludes halogenated alkanes) is 2. The number of nitrogens with one attached hydrogen (secondary N) is 4. The number of amides is 2. The summed E-state index contributed by atoms with van der Waals surface area (Å²) in [6.07, 6.45) is 9.94. The van der Waals surface area contributed by atoms with Gasteiger partial charge in [-0.05, 0) is 124 Å². The summed E-state index contributed by atoms with van der Waals surface area (Å²) in [6.45, 7) is 0. The fourth-order valence-corrected chi connectivity index (χ4v) is 7.31. The Morgan fingerprint density at radius 2 is 0.821 bits per heavy atom. The van der Waals surface area contributed by atoms with Crippen LogP contribution in [0, 0.1) is 0 Å². The first-order valence-corrected chi connectivity index (χ1v) is 25.2. The van der Waals surface area contributed by atoms with Crippen molar-refractivity contribution < 1.29 is 27.1 Å². The first-order chi connectivity index (χ1) is 32.1. The van der Waals surface area contributed by atoms with Crippen LogP contribution in [-0.4, -0.2) is 59.9 Å². The molecule has 0 spiro atoms. The summed E-state index contributed by atoms with van der Waals surface area (Å²) in [6, 6.07) is 36.1. The van der Waals surface area contributed by atoms with Gasteiger partial charge in [0.2, 0.25) is 23.7 Å². The lowest BCUT2D eigenvalue weighted by molar-refractivity contribution is -0.114. The highest BCUT2D eigenvalue weighted by Gasteiger charge is 2.13. The van der Waals surface area contributed by atoms with Gasteiger partial charge in [-0.2, -0.15) is 8.42 Å². The molecule has 2 aromatic heterocycles. The highest BCUT2D eigenvalue weighted by Crippen LogP contribution is 2.17. The van der Waals surface area contributed by atoms with Crippen LogP contribution in [0.4, 0.5) is 23.3 Å². The van der Waals surface area contributed by atoms with Gasteiger partial charge in [-0.25, -0.2) is 9.97 Å². The van der Waals surface area contributed by atoms with E-state index in [2.05, 4.69) is 86.7 Å². The Kier molecular flexibility index (Phi) is 22.6. The monoisotopic (exact) mass is 1060 g/mol. The molecule has 0 radical (unpaired) electrons. The molecule has 0 bridgehead atoms. The maximum absolute atomic E-state index is 12.5. The number of hydrogen-bond acceptors (Lipinski definition) is 10. The van der Waals surface area contributed by atoms with Crippen LogP contribution in [0.2, 0.25) is 0 Å². The van der Waals surface area contributed by atoms with E-state index in [9.17, 15) is 19.2 Å². The van der Waals surface area contributed by atoms with Crippen LogP contribution in [0.15, 0.2) is 119 Å². The number of nitrogens with zero attached hydrogens (tertiary/aromatic N) is 2. The minimum absolute atomic E-state index is 0.0900. The number of aromatic amines is 2. The van der Waals surface area contributed by atoms with E-state index in [1.54, 1.807) is 0 Å². The fraction of sp³-hybridized carbons (Fsp3) is 0.292. The lowest BCUT2D eigenvalue weighted by Crippen LogP contribution is -2.20. The number of carbonyl (C=O) groups is 2. The van der Waals surface area contributed by atoms with Gasteiger partial charge in [0.1, 0.15) is 0 Å². The molecule has 0 unspecified atom stereocenters. The van der Waals surface area contributed by atoms with Gasteiger partial charge in [0.15, 0.2) is 0 Å². The molecule has 0 aliphatic carbocycles. The molecule has 19 heteroatoms. The summed E-state index contributed by atoms with van der Waals surface area (Å²) in [4.78, 5) is 62.0. The lowest BCUT2D eigenvalue weighted by atomic mass is 10.0. The zero-order chi connectivity index (χ0) is 48.6. The predicted octanol–water partition coefficient (Wildman–Crippen LogP) is 7.42. The highest BCUT2D eigenvalue weighted by atomic mass is 79.9. The molecule has 0 atom stereocenters.